The molecule has 1 aromatic heterocycles. The highest BCUT2D eigenvalue weighted by Gasteiger charge is 2.47. The molecule has 8 aromatic carbocycles. The van der Waals surface area contributed by atoms with E-state index in [9.17, 15) is 110 Å². The lowest BCUT2D eigenvalue weighted by atomic mass is 9.12. The first kappa shape index (κ1) is 64.3. The predicted molar refractivity (Wildman–Crippen MR) is 269 cm³/mol. The number of Topliss-reactive ketones (excluding diaryl/α,β-unsaturated/α-hetero) is 1. The van der Waals surface area contributed by atoms with Crippen LogP contribution >= 0.6 is 0 Å². The Morgan fingerprint density at radius 2 is 0.644 bits per heavy atom. The maximum atomic E-state index is 14.2. The first-order valence-electron chi connectivity index (χ1n) is 24.6. The minimum atomic E-state index is -6.13. The number of alkyl halides is 24. The summed E-state index contributed by atoms with van der Waals surface area (Å²) in [5.41, 5.74) is -29.5. The highest BCUT2D eigenvalue weighted by molar-refractivity contribution is 7.20. The average molecular weight is 1250 g/mol. The lowest BCUT2D eigenvalue weighted by Crippen LogP contribution is -2.75. The second kappa shape index (κ2) is 22.9. The molecule has 0 spiro atoms. The summed E-state index contributed by atoms with van der Waals surface area (Å²) in [5.74, 6) is 1.44. The van der Waals surface area contributed by atoms with Crippen molar-refractivity contribution in [1.82, 2.24) is 0 Å². The van der Waals surface area contributed by atoms with Gasteiger partial charge in [0.2, 0.25) is 12.3 Å². The van der Waals surface area contributed by atoms with Gasteiger partial charge in [-0.05, 0) is 58.6 Å². The summed E-state index contributed by atoms with van der Waals surface area (Å²) in [4.78, 5) is 12.9. The molecule has 0 aliphatic carbocycles. The third kappa shape index (κ3) is 14.3. The number of fused-ring (bicyclic) bond motifs is 2. The van der Waals surface area contributed by atoms with E-state index in [0.717, 1.165) is 27.3 Å². The Hall–Kier alpha value is -8.72. The van der Waals surface area contributed by atoms with Crippen molar-refractivity contribution in [2.45, 2.75) is 56.0 Å². The number of halogens is 24. The Labute approximate surface area is 473 Å². The number of ether oxygens (including phenoxy) is 1. The van der Waals surface area contributed by atoms with Crippen LogP contribution in [0.2, 0.25) is 0 Å². The molecule has 0 saturated heterocycles. The van der Waals surface area contributed by atoms with Crippen molar-refractivity contribution < 1.29 is 119 Å². The normalized spacial score (nSPS) is 13.1. The van der Waals surface area contributed by atoms with E-state index in [-0.39, 0.29) is 12.3 Å². The van der Waals surface area contributed by atoms with Crippen LogP contribution in [-0.4, -0.2) is 11.9 Å². The molecule has 0 aliphatic heterocycles. The minimum Gasteiger partial charge on any atom is -0.405 e. The Balaban J connectivity index is 0.000000271. The van der Waals surface area contributed by atoms with E-state index in [1.165, 1.54) is 0 Å². The Morgan fingerprint density at radius 1 is 0.333 bits per heavy atom. The molecule has 456 valence electrons. The van der Waals surface area contributed by atoms with Crippen LogP contribution in [0.1, 0.15) is 54.9 Å². The van der Waals surface area contributed by atoms with E-state index in [0.29, 0.717) is 11.4 Å². The van der Waals surface area contributed by atoms with Crippen molar-refractivity contribution in [3.63, 3.8) is 0 Å². The van der Waals surface area contributed by atoms with Gasteiger partial charge in [0.15, 0.2) is 6.20 Å². The van der Waals surface area contributed by atoms with E-state index in [4.69, 9.17) is 4.74 Å². The van der Waals surface area contributed by atoms with E-state index >= 15 is 0 Å². The van der Waals surface area contributed by atoms with E-state index in [1.54, 1.807) is 0 Å². The van der Waals surface area contributed by atoms with Gasteiger partial charge in [-0.3, -0.25) is 4.79 Å². The van der Waals surface area contributed by atoms with Crippen LogP contribution < -0.4 is 31.2 Å². The molecule has 9 rings (SSSR count). The summed E-state index contributed by atoms with van der Waals surface area (Å²) in [6.45, 7) is 0.206. The standard InChI is InChI=1S/C32H12BF24.C27H20NO2/c34-25(35,36)13-1-14(26(37,38)39)6-21(5-13)33(22-7-15(27(40,41)42)2-16(8-22)28(43,44)45,23-9-17(29(46,47)48)3-18(10-23)30(49,50)51)24-11-19(31(52,53)54)4-20(12-24)32(55,56)57;29-26(22-10-2-1-3-11-22)19-28-17-16-21-9-6-7-13-25(21)27(28)30-24-15-14-20-8-4-5-12-23(20)18-24/h1-12H;1-18H,19H2/q-1;+1. The fourth-order valence-electron chi connectivity index (χ4n) is 9.75. The molecule has 0 radical (unpaired) electrons. The Kier molecular flexibility index (Phi) is 16.9. The molecule has 3 nitrogen and oxygen atoms in total. The molecule has 0 amide bonds. The third-order valence-electron chi connectivity index (χ3n) is 13.7. The first-order chi connectivity index (χ1) is 40.0. The van der Waals surface area contributed by atoms with Crippen LogP contribution in [0.5, 0.6) is 11.6 Å². The minimum absolute atomic E-state index is 0.0410. The van der Waals surface area contributed by atoms with Crippen molar-refractivity contribution in [2.24, 2.45) is 0 Å². The fraction of sp³-hybridized carbons (Fsp3) is 0.153. The second-order valence-electron chi connectivity index (χ2n) is 19.5. The number of aromatic nitrogens is 1. The van der Waals surface area contributed by atoms with Crippen LogP contribution in [-0.2, 0) is 56.0 Å². The van der Waals surface area contributed by atoms with Gasteiger partial charge in [-0.2, -0.15) is 132 Å². The molecule has 87 heavy (non-hydrogen) atoms. The number of ketones is 1. The Bertz CT molecular complexity index is 3590. The number of rotatable bonds is 9. The quantitative estimate of drug-likeness (QED) is 0.0624. The summed E-state index contributed by atoms with van der Waals surface area (Å²) in [6.07, 6.45) is -52.9. The topological polar surface area (TPSA) is 30.2 Å². The van der Waals surface area contributed by atoms with Gasteiger partial charge in [0.05, 0.1) is 49.9 Å². The summed E-state index contributed by atoms with van der Waals surface area (Å²) in [5, 5.41) is 4.31. The summed E-state index contributed by atoms with van der Waals surface area (Å²) in [7, 11) is 0. The average Bonchev–Trinajstić information content (AvgIpc) is 0.761. The van der Waals surface area contributed by atoms with Crippen molar-refractivity contribution in [1.29, 1.82) is 0 Å². The van der Waals surface area contributed by atoms with Gasteiger partial charge in [0.1, 0.15) is 11.9 Å². The van der Waals surface area contributed by atoms with Crippen LogP contribution in [0.4, 0.5) is 105 Å². The molecule has 0 bridgehead atoms. The number of nitrogens with zero attached hydrogens (tertiary/aromatic N) is 1. The van der Waals surface area contributed by atoms with Gasteiger partial charge in [-0.25, -0.2) is 0 Å². The van der Waals surface area contributed by atoms with Gasteiger partial charge in [-0.1, -0.05) is 127 Å². The fourth-order valence-corrected chi connectivity index (χ4v) is 9.75. The largest absolute Gasteiger partial charge is 0.416 e. The molecule has 0 saturated carbocycles. The van der Waals surface area contributed by atoms with Crippen LogP contribution in [0.3, 0.4) is 0 Å². The Morgan fingerprint density at radius 3 is 0.989 bits per heavy atom. The summed E-state index contributed by atoms with van der Waals surface area (Å²) >= 11 is 0. The number of carbonyl (C=O) groups excluding carboxylic acids is 1. The van der Waals surface area contributed by atoms with Crippen LogP contribution in [0.25, 0.3) is 21.5 Å². The van der Waals surface area contributed by atoms with E-state index < -0.39 is 195 Å². The van der Waals surface area contributed by atoms with Crippen molar-refractivity contribution >= 4 is 55.3 Å². The number of hydrogen-bond donors (Lipinski definition) is 0. The van der Waals surface area contributed by atoms with Crippen molar-refractivity contribution in [3.8, 4) is 11.6 Å². The molecule has 9 aromatic rings. The maximum Gasteiger partial charge on any atom is 0.416 e. The SMILES string of the molecule is FC(F)(F)c1cc([B-](c2cc(C(F)(F)F)cc(C(F)(F)F)c2)(c2cc(C(F)(F)F)cc(C(F)(F)F)c2)c2cc(C(F)(F)F)cc(C(F)(F)F)c2)cc(C(F)(F)F)c1.O=C(C[n+]1ccc2ccccc2c1Oc1ccc2ccccc2c1)c1ccccc1. The second-order valence-corrected chi connectivity index (χ2v) is 19.5. The summed E-state index contributed by atoms with van der Waals surface area (Å²) < 4.78 is 349. The van der Waals surface area contributed by atoms with Crippen LogP contribution in [0.15, 0.2) is 182 Å². The van der Waals surface area contributed by atoms with E-state index in [1.807, 2.05) is 95.7 Å². The first-order valence-corrected chi connectivity index (χ1v) is 24.6. The highest BCUT2D eigenvalue weighted by atomic mass is 19.4. The molecule has 0 N–H and O–H groups in total. The maximum absolute atomic E-state index is 14.2. The number of carbonyl (C=O) groups is 1. The van der Waals surface area contributed by atoms with E-state index in [2.05, 4.69) is 18.2 Å². The third-order valence-corrected chi connectivity index (χ3v) is 13.7. The summed E-state index contributed by atoms with van der Waals surface area (Å²) in [6, 6.07) is 24.8. The van der Waals surface area contributed by atoms with Crippen molar-refractivity contribution in [3.05, 3.63) is 232 Å². The van der Waals surface area contributed by atoms with Gasteiger partial charge >= 0.3 is 55.3 Å². The van der Waals surface area contributed by atoms with Crippen molar-refractivity contribution in [2.75, 3.05) is 0 Å². The lowest BCUT2D eigenvalue weighted by Gasteiger charge is -2.46. The number of benzene rings is 8. The van der Waals surface area contributed by atoms with Gasteiger partial charge in [0.25, 0.3) is 0 Å². The van der Waals surface area contributed by atoms with Crippen LogP contribution in [0, 0.1) is 0 Å². The van der Waals surface area contributed by atoms with Gasteiger partial charge < -0.3 is 4.74 Å². The zero-order valence-corrected chi connectivity index (χ0v) is 42.9. The number of hydrogen-bond acceptors (Lipinski definition) is 2. The smallest absolute Gasteiger partial charge is 0.405 e. The molecule has 0 unspecified atom stereocenters. The molecule has 0 atom stereocenters. The molecule has 0 fully saturated rings. The lowest BCUT2D eigenvalue weighted by molar-refractivity contribution is -0.685. The highest BCUT2D eigenvalue weighted by Crippen LogP contribution is 2.42. The van der Waals surface area contributed by atoms with Gasteiger partial charge in [-0.15, -0.1) is 0 Å². The zero-order chi connectivity index (χ0) is 64.3. The molecular weight excluding hydrogens is 1220 g/mol. The molecule has 28 heteroatoms. The number of pyridine rings is 1. The molecular formula is C59H32BF24NO2. The predicted octanol–water partition coefficient (Wildman–Crippen LogP) is 17.2. The molecule has 0 aliphatic rings. The zero-order valence-electron chi connectivity index (χ0n) is 42.9. The van der Waals surface area contributed by atoms with Gasteiger partial charge in [0, 0.05) is 11.6 Å². The molecule has 1 heterocycles. The monoisotopic (exact) mass is 1250 g/mol.